The minimum atomic E-state index is -0.259. The number of anilines is 1. The number of piperazine rings is 1. The molecule has 1 aliphatic heterocycles. The number of benzene rings is 2. The molecule has 0 saturated carbocycles. The van der Waals surface area contributed by atoms with Gasteiger partial charge in [0.05, 0.1) is 0 Å². The molecule has 0 spiro atoms. The summed E-state index contributed by atoms with van der Waals surface area (Å²) < 4.78 is 5.41. The molecule has 1 heterocycles. The summed E-state index contributed by atoms with van der Waals surface area (Å²) in [5.41, 5.74) is 8.74. The van der Waals surface area contributed by atoms with Crippen LogP contribution in [0.5, 0.6) is 0 Å². The Hall–Kier alpha value is -2.24. The Morgan fingerprint density at radius 1 is 1.08 bits per heavy atom. The smallest absolute Gasteiger partial charge is 0.410 e. The van der Waals surface area contributed by atoms with E-state index in [-0.39, 0.29) is 6.09 Å². The van der Waals surface area contributed by atoms with Crippen LogP contribution in [0.1, 0.15) is 11.1 Å². The zero-order valence-corrected chi connectivity index (χ0v) is 15.5. The molecule has 138 valence electrons. The Labute approximate surface area is 159 Å². The second-order valence-corrected chi connectivity index (χ2v) is 6.74. The molecule has 1 aliphatic rings. The third-order valence-corrected chi connectivity index (χ3v) is 4.91. The van der Waals surface area contributed by atoms with Crippen LogP contribution in [0, 0.1) is 0 Å². The number of amides is 1. The van der Waals surface area contributed by atoms with Gasteiger partial charge in [0, 0.05) is 36.9 Å². The summed E-state index contributed by atoms with van der Waals surface area (Å²) in [7, 11) is 0. The number of hydrogen-bond acceptors (Lipinski definition) is 4. The van der Waals surface area contributed by atoms with E-state index in [1.807, 2.05) is 42.5 Å². The van der Waals surface area contributed by atoms with Crippen LogP contribution < -0.4 is 10.6 Å². The van der Waals surface area contributed by atoms with E-state index < -0.39 is 0 Å². The minimum Gasteiger partial charge on any atom is -0.445 e. The van der Waals surface area contributed by atoms with Crippen molar-refractivity contribution in [3.05, 3.63) is 64.7 Å². The monoisotopic (exact) mass is 373 g/mol. The Morgan fingerprint density at radius 3 is 2.46 bits per heavy atom. The average Bonchev–Trinajstić information content (AvgIpc) is 2.69. The lowest BCUT2D eigenvalue weighted by atomic mass is 10.1. The van der Waals surface area contributed by atoms with E-state index in [4.69, 9.17) is 22.1 Å². The van der Waals surface area contributed by atoms with Crippen LogP contribution in [0.15, 0.2) is 48.5 Å². The second-order valence-electron chi connectivity index (χ2n) is 6.33. The molecule has 1 amide bonds. The van der Waals surface area contributed by atoms with E-state index in [0.717, 1.165) is 41.3 Å². The van der Waals surface area contributed by atoms with Gasteiger partial charge in [-0.3, -0.25) is 0 Å². The van der Waals surface area contributed by atoms with Gasteiger partial charge in [0.2, 0.25) is 0 Å². The zero-order valence-electron chi connectivity index (χ0n) is 14.7. The number of nitrogens with zero attached hydrogens (tertiary/aromatic N) is 2. The van der Waals surface area contributed by atoms with E-state index >= 15 is 0 Å². The van der Waals surface area contributed by atoms with Crippen molar-refractivity contribution < 1.29 is 9.53 Å². The highest BCUT2D eigenvalue weighted by molar-refractivity contribution is 6.31. The first kappa shape index (κ1) is 18.5. The lowest BCUT2D eigenvalue weighted by molar-refractivity contribution is 0.0942. The number of carbonyl (C=O) groups excluding carboxylic acids is 1. The summed E-state index contributed by atoms with van der Waals surface area (Å²) in [6, 6.07) is 15.8. The number of halogens is 1. The Balaban J connectivity index is 1.50. The SMILES string of the molecule is NCCc1ccc(N2CCN(C(=O)OCc3ccccc3)CC2)cc1Cl. The fourth-order valence-corrected chi connectivity index (χ4v) is 3.32. The lowest BCUT2D eigenvalue weighted by Crippen LogP contribution is -2.48. The molecule has 3 rings (SSSR count). The van der Waals surface area contributed by atoms with Crippen molar-refractivity contribution in [2.24, 2.45) is 5.73 Å². The molecule has 6 heteroatoms. The van der Waals surface area contributed by atoms with Crippen LogP contribution in [0.3, 0.4) is 0 Å². The van der Waals surface area contributed by atoms with E-state index in [1.165, 1.54) is 0 Å². The number of hydrogen-bond donors (Lipinski definition) is 1. The standard InChI is InChI=1S/C20H24ClN3O2/c21-19-14-18(7-6-17(19)8-9-22)23-10-12-24(13-11-23)20(25)26-15-16-4-2-1-3-5-16/h1-7,14H,8-13,15,22H2. The van der Waals surface area contributed by atoms with Crippen molar-refractivity contribution in [3.8, 4) is 0 Å². The van der Waals surface area contributed by atoms with Crippen LogP contribution in [-0.4, -0.2) is 43.7 Å². The normalized spacial score (nSPS) is 14.4. The maximum absolute atomic E-state index is 12.2. The summed E-state index contributed by atoms with van der Waals surface area (Å²) in [4.78, 5) is 16.2. The fraction of sp³-hybridized carbons (Fsp3) is 0.350. The molecule has 0 atom stereocenters. The molecule has 0 unspecified atom stereocenters. The van der Waals surface area contributed by atoms with Gasteiger partial charge in [0.25, 0.3) is 0 Å². The predicted octanol–water partition coefficient (Wildman–Crippen LogP) is 3.30. The summed E-state index contributed by atoms with van der Waals surface area (Å²) in [5.74, 6) is 0. The van der Waals surface area contributed by atoms with Crippen molar-refractivity contribution in [2.45, 2.75) is 13.0 Å². The first-order chi connectivity index (χ1) is 12.7. The van der Waals surface area contributed by atoms with Gasteiger partial charge in [-0.05, 0) is 36.2 Å². The topological polar surface area (TPSA) is 58.8 Å². The summed E-state index contributed by atoms with van der Waals surface area (Å²) in [6.07, 6.45) is 0.519. The number of carbonyl (C=O) groups is 1. The van der Waals surface area contributed by atoms with Gasteiger partial charge in [-0.15, -0.1) is 0 Å². The summed E-state index contributed by atoms with van der Waals surface area (Å²) in [6.45, 7) is 3.67. The van der Waals surface area contributed by atoms with E-state index in [2.05, 4.69) is 11.0 Å². The van der Waals surface area contributed by atoms with Gasteiger partial charge >= 0.3 is 6.09 Å². The molecule has 0 radical (unpaired) electrons. The molecule has 26 heavy (non-hydrogen) atoms. The molecule has 1 saturated heterocycles. The largest absolute Gasteiger partial charge is 0.445 e. The third-order valence-electron chi connectivity index (χ3n) is 4.56. The maximum Gasteiger partial charge on any atom is 0.410 e. The van der Waals surface area contributed by atoms with Crippen molar-refractivity contribution in [1.29, 1.82) is 0 Å². The molecular weight excluding hydrogens is 350 g/mol. The van der Waals surface area contributed by atoms with Crippen LogP contribution in [0.25, 0.3) is 0 Å². The molecular formula is C20H24ClN3O2. The second kappa shape index (κ2) is 8.92. The molecule has 5 nitrogen and oxygen atoms in total. The van der Waals surface area contributed by atoms with Crippen LogP contribution in [-0.2, 0) is 17.8 Å². The molecule has 1 fully saturated rings. The predicted molar refractivity (Wildman–Crippen MR) is 105 cm³/mol. The first-order valence-corrected chi connectivity index (χ1v) is 9.24. The Bertz CT molecular complexity index is 731. The van der Waals surface area contributed by atoms with Crippen molar-refractivity contribution in [1.82, 2.24) is 4.90 Å². The van der Waals surface area contributed by atoms with Gasteiger partial charge in [-0.2, -0.15) is 0 Å². The van der Waals surface area contributed by atoms with Crippen LogP contribution in [0.2, 0.25) is 5.02 Å². The van der Waals surface area contributed by atoms with Gasteiger partial charge < -0.3 is 20.3 Å². The highest BCUT2D eigenvalue weighted by Crippen LogP contribution is 2.25. The van der Waals surface area contributed by atoms with Crippen molar-refractivity contribution in [3.63, 3.8) is 0 Å². The fourth-order valence-electron chi connectivity index (χ4n) is 3.05. The van der Waals surface area contributed by atoms with Crippen molar-refractivity contribution in [2.75, 3.05) is 37.6 Å². The molecule has 0 bridgehead atoms. The summed E-state index contributed by atoms with van der Waals surface area (Å²) >= 11 is 6.34. The van der Waals surface area contributed by atoms with Gasteiger partial charge in [-0.1, -0.05) is 48.0 Å². The van der Waals surface area contributed by atoms with Crippen molar-refractivity contribution >= 4 is 23.4 Å². The van der Waals surface area contributed by atoms with Gasteiger partial charge in [-0.25, -0.2) is 4.79 Å². The number of rotatable bonds is 5. The molecule has 0 aromatic heterocycles. The third kappa shape index (κ3) is 4.68. The highest BCUT2D eigenvalue weighted by atomic mass is 35.5. The highest BCUT2D eigenvalue weighted by Gasteiger charge is 2.22. The number of ether oxygens (including phenoxy) is 1. The van der Waals surface area contributed by atoms with Crippen LogP contribution >= 0.6 is 11.6 Å². The molecule has 2 aromatic rings. The van der Waals surface area contributed by atoms with Gasteiger partial charge in [0.15, 0.2) is 0 Å². The lowest BCUT2D eigenvalue weighted by Gasteiger charge is -2.35. The quantitative estimate of drug-likeness (QED) is 0.873. The molecule has 2 N–H and O–H groups in total. The minimum absolute atomic E-state index is 0.259. The Kier molecular flexibility index (Phi) is 6.36. The number of nitrogens with two attached hydrogens (primary N) is 1. The molecule has 0 aliphatic carbocycles. The van der Waals surface area contributed by atoms with E-state index in [0.29, 0.717) is 26.2 Å². The average molecular weight is 374 g/mol. The van der Waals surface area contributed by atoms with Gasteiger partial charge in [0.1, 0.15) is 6.61 Å². The maximum atomic E-state index is 12.2. The van der Waals surface area contributed by atoms with E-state index in [1.54, 1.807) is 4.90 Å². The van der Waals surface area contributed by atoms with E-state index in [9.17, 15) is 4.79 Å². The zero-order chi connectivity index (χ0) is 18.4. The molecule has 2 aromatic carbocycles. The first-order valence-electron chi connectivity index (χ1n) is 8.86. The Morgan fingerprint density at radius 2 is 1.81 bits per heavy atom. The summed E-state index contributed by atoms with van der Waals surface area (Å²) in [5, 5.41) is 0.748. The van der Waals surface area contributed by atoms with Crippen LogP contribution in [0.4, 0.5) is 10.5 Å².